The zero-order valence-corrected chi connectivity index (χ0v) is 14.5. The largest absolute Gasteiger partial charge is 0.416 e. The average molecular weight is 356 g/mol. The van der Waals surface area contributed by atoms with Crippen LogP contribution in [0.4, 0.5) is 13.2 Å². The number of nitrogens with zero attached hydrogens (tertiary/aromatic N) is 2. The molecule has 0 radical (unpaired) electrons. The van der Waals surface area contributed by atoms with Crippen LogP contribution < -0.4 is 0 Å². The first kappa shape index (κ1) is 18.7. The monoisotopic (exact) mass is 356 g/mol. The third-order valence-electron chi connectivity index (χ3n) is 5.56. The number of aliphatic hydroxyl groups is 1. The minimum atomic E-state index is -4.28. The van der Waals surface area contributed by atoms with E-state index in [1.54, 1.807) is 12.1 Å². The summed E-state index contributed by atoms with van der Waals surface area (Å²) in [5.41, 5.74) is 0.311. The van der Waals surface area contributed by atoms with Crippen LogP contribution in [0.3, 0.4) is 0 Å². The van der Waals surface area contributed by atoms with Gasteiger partial charge in [0.15, 0.2) is 0 Å². The van der Waals surface area contributed by atoms with E-state index in [4.69, 9.17) is 0 Å². The lowest BCUT2D eigenvalue weighted by Crippen LogP contribution is -2.55. The fourth-order valence-corrected chi connectivity index (χ4v) is 4.26. The molecule has 0 spiro atoms. The first-order chi connectivity index (χ1) is 12.0. The zero-order valence-electron chi connectivity index (χ0n) is 14.5. The van der Waals surface area contributed by atoms with Crippen LogP contribution in [0.1, 0.15) is 43.2 Å². The van der Waals surface area contributed by atoms with Crippen molar-refractivity contribution in [3.63, 3.8) is 0 Å². The quantitative estimate of drug-likeness (QED) is 0.875. The van der Waals surface area contributed by atoms with Crippen LogP contribution in [0.15, 0.2) is 24.3 Å². The third kappa shape index (κ3) is 4.74. The second kappa shape index (κ2) is 8.06. The first-order valence-electron chi connectivity index (χ1n) is 9.22. The molecule has 2 fully saturated rings. The molecule has 1 unspecified atom stereocenters. The van der Waals surface area contributed by atoms with Crippen LogP contribution in [0.25, 0.3) is 0 Å². The molecule has 1 aromatic carbocycles. The minimum absolute atomic E-state index is 0.183. The highest BCUT2D eigenvalue weighted by atomic mass is 19.4. The van der Waals surface area contributed by atoms with Gasteiger partial charge in [-0.3, -0.25) is 9.80 Å². The van der Waals surface area contributed by atoms with Crippen molar-refractivity contribution >= 4 is 0 Å². The Morgan fingerprint density at radius 3 is 2.32 bits per heavy atom. The van der Waals surface area contributed by atoms with Crippen LogP contribution in [0.2, 0.25) is 0 Å². The molecule has 0 bridgehead atoms. The number of piperazine rings is 1. The second-order valence-electron chi connectivity index (χ2n) is 7.27. The molecule has 1 aliphatic heterocycles. The van der Waals surface area contributed by atoms with Gasteiger partial charge in [0.25, 0.3) is 0 Å². The molecule has 3 nitrogen and oxygen atoms in total. The lowest BCUT2D eigenvalue weighted by atomic mass is 10.0. The molecule has 25 heavy (non-hydrogen) atoms. The molecule has 1 saturated heterocycles. The molecule has 0 amide bonds. The highest BCUT2D eigenvalue weighted by Crippen LogP contribution is 2.30. The number of benzene rings is 1. The topological polar surface area (TPSA) is 26.7 Å². The first-order valence-corrected chi connectivity index (χ1v) is 9.22. The molecule has 1 saturated carbocycles. The van der Waals surface area contributed by atoms with Gasteiger partial charge in [0, 0.05) is 44.9 Å². The zero-order chi connectivity index (χ0) is 17.9. The summed E-state index contributed by atoms with van der Waals surface area (Å²) in [4.78, 5) is 4.86. The van der Waals surface area contributed by atoms with E-state index in [0.29, 0.717) is 18.6 Å². The summed E-state index contributed by atoms with van der Waals surface area (Å²) < 4.78 is 38.0. The number of hydrogen-bond donors (Lipinski definition) is 1. The third-order valence-corrected chi connectivity index (χ3v) is 5.56. The van der Waals surface area contributed by atoms with E-state index in [1.807, 2.05) is 0 Å². The van der Waals surface area contributed by atoms with Gasteiger partial charge in [-0.1, -0.05) is 25.0 Å². The van der Waals surface area contributed by atoms with Crippen molar-refractivity contribution in [1.29, 1.82) is 0 Å². The fraction of sp³-hybridized carbons (Fsp3) is 0.684. The lowest BCUT2D eigenvalue weighted by molar-refractivity contribution is -0.137. The summed E-state index contributed by atoms with van der Waals surface area (Å²) in [5.74, 6) is 0. The number of alkyl halides is 3. The van der Waals surface area contributed by atoms with Crippen LogP contribution >= 0.6 is 0 Å². The van der Waals surface area contributed by atoms with E-state index in [1.165, 1.54) is 25.7 Å². The molecule has 3 rings (SSSR count). The van der Waals surface area contributed by atoms with Crippen molar-refractivity contribution in [2.24, 2.45) is 0 Å². The summed E-state index contributed by atoms with van der Waals surface area (Å²) in [6.07, 6.45) is 1.57. The van der Waals surface area contributed by atoms with Crippen molar-refractivity contribution in [3.05, 3.63) is 35.4 Å². The molecule has 2 aliphatic rings. The standard InChI is InChI=1S/C19H27F3N2O/c20-19(21,22)16-7-5-15(6-8-16)13-23-10-11-24(17-3-1-2-4-17)18(14-23)9-12-25/h5-8,17-18,25H,1-4,9-14H2. The van der Waals surface area contributed by atoms with Gasteiger partial charge in [0.1, 0.15) is 0 Å². The van der Waals surface area contributed by atoms with Crippen LogP contribution in [-0.4, -0.2) is 53.2 Å². The molecule has 140 valence electrons. The maximum absolute atomic E-state index is 12.7. The number of aliphatic hydroxyl groups excluding tert-OH is 1. The van der Waals surface area contributed by atoms with Gasteiger partial charge in [-0.15, -0.1) is 0 Å². The Morgan fingerprint density at radius 1 is 1.04 bits per heavy atom. The van der Waals surface area contributed by atoms with E-state index < -0.39 is 11.7 Å². The maximum Gasteiger partial charge on any atom is 0.416 e. The Kier molecular flexibility index (Phi) is 6.02. The Morgan fingerprint density at radius 2 is 1.72 bits per heavy atom. The van der Waals surface area contributed by atoms with Crippen molar-refractivity contribution in [3.8, 4) is 0 Å². The van der Waals surface area contributed by atoms with Crippen molar-refractivity contribution in [1.82, 2.24) is 9.80 Å². The molecular formula is C19H27F3N2O. The van der Waals surface area contributed by atoms with Gasteiger partial charge < -0.3 is 5.11 Å². The predicted octanol–water partition coefficient (Wildman–Crippen LogP) is 3.52. The molecule has 1 aromatic rings. The van der Waals surface area contributed by atoms with Gasteiger partial charge in [-0.05, 0) is 37.0 Å². The Balaban J connectivity index is 1.60. The molecule has 0 aromatic heterocycles. The van der Waals surface area contributed by atoms with Gasteiger partial charge in [0.2, 0.25) is 0 Å². The van der Waals surface area contributed by atoms with E-state index >= 15 is 0 Å². The normalized spacial score (nSPS) is 24.1. The summed E-state index contributed by atoms with van der Waals surface area (Å²) in [6, 6.07) is 6.46. The Labute approximate surface area is 147 Å². The molecule has 1 aliphatic carbocycles. The van der Waals surface area contributed by atoms with Crippen molar-refractivity contribution in [2.75, 3.05) is 26.2 Å². The van der Waals surface area contributed by atoms with E-state index in [2.05, 4.69) is 9.80 Å². The van der Waals surface area contributed by atoms with Gasteiger partial charge in [-0.25, -0.2) is 0 Å². The Bertz CT molecular complexity index is 541. The molecule has 1 atom stereocenters. The summed E-state index contributed by atoms with van der Waals surface area (Å²) in [5, 5.41) is 9.41. The van der Waals surface area contributed by atoms with Crippen LogP contribution in [0, 0.1) is 0 Å². The second-order valence-corrected chi connectivity index (χ2v) is 7.27. The number of rotatable bonds is 5. The molecule has 1 N–H and O–H groups in total. The molecule has 1 heterocycles. The summed E-state index contributed by atoms with van der Waals surface area (Å²) >= 11 is 0. The maximum atomic E-state index is 12.7. The predicted molar refractivity (Wildman–Crippen MR) is 91.2 cm³/mol. The van der Waals surface area contributed by atoms with E-state index in [9.17, 15) is 18.3 Å². The van der Waals surface area contributed by atoms with Gasteiger partial charge >= 0.3 is 6.18 Å². The van der Waals surface area contributed by atoms with E-state index in [-0.39, 0.29) is 6.61 Å². The van der Waals surface area contributed by atoms with Crippen molar-refractivity contribution < 1.29 is 18.3 Å². The highest BCUT2D eigenvalue weighted by Gasteiger charge is 2.33. The van der Waals surface area contributed by atoms with Crippen molar-refractivity contribution in [2.45, 2.75) is 56.9 Å². The van der Waals surface area contributed by atoms with Gasteiger partial charge in [-0.2, -0.15) is 13.2 Å². The van der Waals surface area contributed by atoms with Crippen LogP contribution in [0.5, 0.6) is 0 Å². The minimum Gasteiger partial charge on any atom is -0.396 e. The molecular weight excluding hydrogens is 329 g/mol. The van der Waals surface area contributed by atoms with E-state index in [0.717, 1.165) is 43.8 Å². The Hall–Kier alpha value is -1.11. The number of hydrogen-bond acceptors (Lipinski definition) is 3. The van der Waals surface area contributed by atoms with Gasteiger partial charge in [0.05, 0.1) is 5.56 Å². The fourth-order valence-electron chi connectivity index (χ4n) is 4.26. The smallest absolute Gasteiger partial charge is 0.396 e. The van der Waals surface area contributed by atoms with Crippen LogP contribution in [-0.2, 0) is 12.7 Å². The SMILES string of the molecule is OCCC1CN(Cc2ccc(C(F)(F)F)cc2)CCN1C1CCCC1. The highest BCUT2D eigenvalue weighted by molar-refractivity contribution is 5.24. The average Bonchev–Trinajstić information content (AvgIpc) is 3.09. The summed E-state index contributed by atoms with van der Waals surface area (Å²) in [7, 11) is 0. The lowest BCUT2D eigenvalue weighted by Gasteiger charge is -2.44. The summed E-state index contributed by atoms with van der Waals surface area (Å²) in [6.45, 7) is 3.63. The number of halogens is 3. The molecule has 6 heteroatoms.